The van der Waals surface area contributed by atoms with Crippen molar-refractivity contribution in [2.75, 3.05) is 0 Å². The van der Waals surface area contributed by atoms with Gasteiger partial charge in [-0.2, -0.15) is 18.3 Å². The van der Waals surface area contributed by atoms with Gasteiger partial charge >= 0.3 is 6.18 Å². The van der Waals surface area contributed by atoms with E-state index in [2.05, 4.69) is 10.5 Å². The number of hydrogen-bond acceptors (Lipinski definition) is 2. The Kier molecular flexibility index (Phi) is 5.51. The smallest absolute Gasteiger partial charge is 0.273 e. The zero-order valence-electron chi connectivity index (χ0n) is 12.2. The van der Waals surface area contributed by atoms with Crippen LogP contribution in [0.15, 0.2) is 59.7 Å². The number of amides is 1. The molecule has 0 aliphatic rings. The van der Waals surface area contributed by atoms with Gasteiger partial charge in [0.2, 0.25) is 5.91 Å². The number of rotatable bonds is 5. The van der Waals surface area contributed by atoms with Gasteiger partial charge in [0.15, 0.2) is 0 Å². The summed E-state index contributed by atoms with van der Waals surface area (Å²) in [5.74, 6) is -0.294. The van der Waals surface area contributed by atoms with Crippen LogP contribution in [0.1, 0.15) is 23.1 Å². The second-order valence-electron chi connectivity index (χ2n) is 4.90. The van der Waals surface area contributed by atoms with Crippen molar-refractivity contribution in [2.45, 2.75) is 19.0 Å². The summed E-state index contributed by atoms with van der Waals surface area (Å²) >= 11 is 0. The highest BCUT2D eigenvalue weighted by atomic mass is 19.4. The van der Waals surface area contributed by atoms with Crippen LogP contribution in [0, 0.1) is 0 Å². The van der Waals surface area contributed by atoms with Crippen molar-refractivity contribution in [1.29, 1.82) is 0 Å². The molecule has 0 saturated heterocycles. The van der Waals surface area contributed by atoms with Gasteiger partial charge in [-0.15, -0.1) is 0 Å². The highest BCUT2D eigenvalue weighted by molar-refractivity contribution is 5.82. The van der Waals surface area contributed by atoms with Crippen molar-refractivity contribution in [3.05, 3.63) is 71.3 Å². The first kappa shape index (κ1) is 16.7. The van der Waals surface area contributed by atoms with Crippen LogP contribution in [0.3, 0.4) is 0 Å². The molecule has 0 saturated carbocycles. The number of carbonyl (C=O) groups excluding carboxylic acids is 1. The maximum absolute atomic E-state index is 12.6. The van der Waals surface area contributed by atoms with Gasteiger partial charge in [0.05, 0.1) is 11.8 Å². The highest BCUT2D eigenvalue weighted by Crippen LogP contribution is 2.29. The molecule has 120 valence electrons. The van der Waals surface area contributed by atoms with Crippen LogP contribution in [0.2, 0.25) is 0 Å². The number of alkyl halides is 3. The summed E-state index contributed by atoms with van der Waals surface area (Å²) in [4.78, 5) is 11.6. The number of nitrogens with zero attached hydrogens (tertiary/aromatic N) is 1. The number of aryl methyl sites for hydroxylation is 1. The van der Waals surface area contributed by atoms with Crippen molar-refractivity contribution >= 4 is 12.1 Å². The van der Waals surface area contributed by atoms with Crippen LogP contribution in [0.5, 0.6) is 0 Å². The SMILES string of the molecule is O=C(CCc1ccccc1)NN=Cc1cccc(C(F)(F)F)c1. The number of nitrogens with one attached hydrogen (secondary N) is 1. The molecule has 0 unspecified atom stereocenters. The molecule has 3 nitrogen and oxygen atoms in total. The third-order valence-electron chi connectivity index (χ3n) is 3.10. The Hall–Kier alpha value is -2.63. The predicted octanol–water partition coefficient (Wildman–Crippen LogP) is 3.79. The Labute approximate surface area is 131 Å². The van der Waals surface area contributed by atoms with Gasteiger partial charge in [-0.1, -0.05) is 42.5 Å². The molecule has 0 heterocycles. The first-order valence-electron chi connectivity index (χ1n) is 6.98. The monoisotopic (exact) mass is 320 g/mol. The summed E-state index contributed by atoms with van der Waals surface area (Å²) in [5.41, 5.74) is 2.85. The number of carbonyl (C=O) groups is 1. The molecule has 0 atom stereocenters. The fourth-order valence-corrected chi connectivity index (χ4v) is 1.93. The molecule has 0 spiro atoms. The van der Waals surface area contributed by atoms with Gasteiger partial charge in [-0.05, 0) is 29.7 Å². The lowest BCUT2D eigenvalue weighted by Crippen LogP contribution is -2.17. The van der Waals surface area contributed by atoms with E-state index in [1.165, 1.54) is 18.3 Å². The number of halogens is 3. The molecule has 0 fully saturated rings. The highest BCUT2D eigenvalue weighted by Gasteiger charge is 2.30. The molecule has 0 aromatic heterocycles. The average Bonchev–Trinajstić information content (AvgIpc) is 2.53. The van der Waals surface area contributed by atoms with E-state index >= 15 is 0 Å². The molecule has 0 aliphatic heterocycles. The largest absolute Gasteiger partial charge is 0.416 e. The third kappa shape index (κ3) is 5.58. The summed E-state index contributed by atoms with van der Waals surface area (Å²) in [6.07, 6.45) is -2.38. The molecule has 6 heteroatoms. The van der Waals surface area contributed by atoms with Crippen molar-refractivity contribution in [3.8, 4) is 0 Å². The maximum atomic E-state index is 12.6. The van der Waals surface area contributed by atoms with Crippen molar-refractivity contribution in [3.63, 3.8) is 0 Å². The molecule has 2 rings (SSSR count). The zero-order chi connectivity index (χ0) is 16.7. The molecule has 1 amide bonds. The Balaban J connectivity index is 1.85. The molecule has 23 heavy (non-hydrogen) atoms. The molecule has 0 radical (unpaired) electrons. The van der Waals surface area contributed by atoms with Crippen LogP contribution in [-0.4, -0.2) is 12.1 Å². The predicted molar refractivity (Wildman–Crippen MR) is 81.9 cm³/mol. The van der Waals surface area contributed by atoms with E-state index in [0.717, 1.165) is 17.7 Å². The fraction of sp³-hybridized carbons (Fsp3) is 0.176. The molecule has 2 aromatic carbocycles. The fourth-order valence-electron chi connectivity index (χ4n) is 1.93. The van der Waals surface area contributed by atoms with Crippen LogP contribution >= 0.6 is 0 Å². The Morgan fingerprint density at radius 1 is 1.09 bits per heavy atom. The van der Waals surface area contributed by atoms with Gasteiger partial charge < -0.3 is 0 Å². The maximum Gasteiger partial charge on any atom is 0.416 e. The Morgan fingerprint density at radius 2 is 1.83 bits per heavy atom. The molecule has 0 aliphatic carbocycles. The van der Waals surface area contributed by atoms with Crippen LogP contribution in [0.4, 0.5) is 13.2 Å². The minimum absolute atomic E-state index is 0.254. The van der Waals surface area contributed by atoms with Crippen molar-refractivity contribution < 1.29 is 18.0 Å². The van der Waals surface area contributed by atoms with E-state index in [9.17, 15) is 18.0 Å². The van der Waals surface area contributed by atoms with Gasteiger partial charge in [-0.3, -0.25) is 4.79 Å². The third-order valence-corrected chi connectivity index (χ3v) is 3.10. The number of hydrazone groups is 1. The van der Waals surface area contributed by atoms with Crippen LogP contribution in [-0.2, 0) is 17.4 Å². The topological polar surface area (TPSA) is 41.5 Å². The zero-order valence-corrected chi connectivity index (χ0v) is 12.2. The molecule has 1 N–H and O–H groups in total. The Morgan fingerprint density at radius 3 is 2.52 bits per heavy atom. The average molecular weight is 320 g/mol. The summed E-state index contributed by atoms with van der Waals surface area (Å²) in [5, 5.41) is 3.69. The molecular formula is C17H15F3N2O. The van der Waals surface area contributed by atoms with E-state index < -0.39 is 11.7 Å². The summed E-state index contributed by atoms with van der Waals surface area (Å²) in [6.45, 7) is 0. The number of benzene rings is 2. The van der Waals surface area contributed by atoms with Gasteiger partial charge in [0.25, 0.3) is 0 Å². The standard InChI is InChI=1S/C17H15F3N2O/c18-17(19,20)15-8-4-7-14(11-15)12-21-22-16(23)10-9-13-5-2-1-3-6-13/h1-8,11-12H,9-10H2,(H,22,23). The van der Waals surface area contributed by atoms with E-state index in [1.807, 2.05) is 30.3 Å². The van der Waals surface area contributed by atoms with Crippen LogP contribution < -0.4 is 5.43 Å². The molecule has 2 aromatic rings. The van der Waals surface area contributed by atoms with Gasteiger partial charge in [0, 0.05) is 6.42 Å². The summed E-state index contributed by atoms with van der Waals surface area (Å²) in [7, 11) is 0. The quantitative estimate of drug-likeness (QED) is 0.661. The van der Waals surface area contributed by atoms with Gasteiger partial charge in [0.1, 0.15) is 0 Å². The first-order valence-corrected chi connectivity index (χ1v) is 6.98. The summed E-state index contributed by atoms with van der Waals surface area (Å²) in [6, 6.07) is 14.2. The van der Waals surface area contributed by atoms with E-state index in [4.69, 9.17) is 0 Å². The normalized spacial score (nSPS) is 11.6. The van der Waals surface area contributed by atoms with E-state index in [1.54, 1.807) is 0 Å². The Bertz CT molecular complexity index is 682. The minimum Gasteiger partial charge on any atom is -0.273 e. The lowest BCUT2D eigenvalue weighted by molar-refractivity contribution is -0.137. The number of hydrogen-bond donors (Lipinski definition) is 1. The van der Waals surface area contributed by atoms with Crippen LogP contribution in [0.25, 0.3) is 0 Å². The summed E-state index contributed by atoms with van der Waals surface area (Å²) < 4.78 is 37.7. The lowest BCUT2D eigenvalue weighted by atomic mass is 10.1. The van der Waals surface area contributed by atoms with E-state index in [0.29, 0.717) is 6.42 Å². The van der Waals surface area contributed by atoms with Gasteiger partial charge in [-0.25, -0.2) is 5.43 Å². The first-order chi connectivity index (χ1) is 10.9. The molecular weight excluding hydrogens is 305 g/mol. The second-order valence-corrected chi connectivity index (χ2v) is 4.90. The van der Waals surface area contributed by atoms with E-state index in [-0.39, 0.29) is 17.9 Å². The molecule has 0 bridgehead atoms. The van der Waals surface area contributed by atoms with Crippen molar-refractivity contribution in [1.82, 2.24) is 5.43 Å². The lowest BCUT2D eigenvalue weighted by Gasteiger charge is -2.06. The minimum atomic E-state index is -4.40. The van der Waals surface area contributed by atoms with Crippen molar-refractivity contribution in [2.24, 2.45) is 5.10 Å². The second kappa shape index (κ2) is 7.58.